The Hall–Kier alpha value is -2.06. The van der Waals surface area contributed by atoms with Gasteiger partial charge in [-0.05, 0) is 74.9 Å². The molecule has 1 N–H and O–H groups in total. The van der Waals surface area contributed by atoms with Crippen molar-refractivity contribution < 1.29 is 4.74 Å². The van der Waals surface area contributed by atoms with Crippen LogP contribution >= 0.6 is 0 Å². The number of hydrogen-bond acceptors (Lipinski definition) is 2. The van der Waals surface area contributed by atoms with E-state index in [1.54, 1.807) is 11.1 Å². The van der Waals surface area contributed by atoms with Crippen molar-refractivity contribution in [3.05, 3.63) is 71.3 Å². The lowest BCUT2D eigenvalue weighted by Gasteiger charge is -2.33. The van der Waals surface area contributed by atoms with Gasteiger partial charge in [0, 0.05) is 6.04 Å². The molecule has 0 amide bonds. The average molecular weight is 319 g/mol. The maximum absolute atomic E-state index is 5.88. The second kappa shape index (κ2) is 7.23. The van der Waals surface area contributed by atoms with Gasteiger partial charge in [-0.2, -0.15) is 0 Å². The van der Waals surface area contributed by atoms with Crippen LogP contribution in [0, 0.1) is 0 Å². The first kappa shape index (κ1) is 15.5. The van der Waals surface area contributed by atoms with E-state index in [4.69, 9.17) is 4.74 Å². The van der Waals surface area contributed by atoms with Gasteiger partial charge in [-0.25, -0.2) is 0 Å². The molecule has 0 bridgehead atoms. The van der Waals surface area contributed by atoms with Crippen molar-refractivity contribution in [1.29, 1.82) is 0 Å². The lowest BCUT2D eigenvalue weighted by molar-refractivity contribution is 0.472. The molecule has 124 valence electrons. The summed E-state index contributed by atoms with van der Waals surface area (Å²) in [5.41, 5.74) is 4.83. The molecule has 1 atom stereocenters. The molecule has 2 nitrogen and oxygen atoms in total. The fourth-order valence-corrected chi connectivity index (χ4v) is 3.97. The minimum atomic E-state index is 0.537. The molecular formula is C22H25NO. The van der Waals surface area contributed by atoms with Crippen LogP contribution in [0.5, 0.6) is 11.5 Å². The Morgan fingerprint density at radius 2 is 1.58 bits per heavy atom. The first-order chi connectivity index (χ1) is 11.9. The molecule has 1 heterocycles. The monoisotopic (exact) mass is 319 g/mol. The quantitative estimate of drug-likeness (QED) is 0.777. The molecule has 4 rings (SSSR count). The summed E-state index contributed by atoms with van der Waals surface area (Å²) in [4.78, 5) is 0. The van der Waals surface area contributed by atoms with Gasteiger partial charge >= 0.3 is 0 Å². The SMILES string of the molecule is c1ccc(Oc2ccc(CC3NCCC4=C3CCCC4)cc2)cc1. The number of nitrogens with one attached hydrogen (secondary N) is 1. The first-order valence-corrected chi connectivity index (χ1v) is 9.14. The lowest BCUT2D eigenvalue weighted by atomic mass is 9.81. The molecule has 1 unspecified atom stereocenters. The van der Waals surface area contributed by atoms with Crippen LogP contribution < -0.4 is 10.1 Å². The largest absolute Gasteiger partial charge is 0.457 e. The third kappa shape index (κ3) is 3.54. The van der Waals surface area contributed by atoms with Gasteiger partial charge in [0.15, 0.2) is 0 Å². The number of para-hydroxylation sites is 1. The molecule has 0 aromatic heterocycles. The highest BCUT2D eigenvalue weighted by Gasteiger charge is 2.24. The molecule has 0 saturated carbocycles. The van der Waals surface area contributed by atoms with Crippen LogP contribution in [0.4, 0.5) is 0 Å². The molecule has 2 heteroatoms. The highest BCUT2D eigenvalue weighted by Crippen LogP contribution is 2.32. The van der Waals surface area contributed by atoms with Crippen molar-refractivity contribution >= 4 is 0 Å². The van der Waals surface area contributed by atoms with E-state index in [0.717, 1.165) is 24.5 Å². The second-order valence-corrected chi connectivity index (χ2v) is 6.86. The minimum Gasteiger partial charge on any atom is -0.457 e. The van der Waals surface area contributed by atoms with Gasteiger partial charge in [0.1, 0.15) is 11.5 Å². The molecule has 2 aromatic rings. The Balaban J connectivity index is 1.44. The third-order valence-corrected chi connectivity index (χ3v) is 5.21. The van der Waals surface area contributed by atoms with Crippen molar-refractivity contribution in [2.45, 2.75) is 44.6 Å². The first-order valence-electron chi connectivity index (χ1n) is 9.14. The van der Waals surface area contributed by atoms with Crippen LogP contribution in [-0.2, 0) is 6.42 Å². The Morgan fingerprint density at radius 3 is 2.42 bits per heavy atom. The van der Waals surface area contributed by atoms with Crippen LogP contribution in [0.3, 0.4) is 0 Å². The fraction of sp³-hybridized carbons (Fsp3) is 0.364. The van der Waals surface area contributed by atoms with Crippen LogP contribution in [0.15, 0.2) is 65.7 Å². The van der Waals surface area contributed by atoms with Crippen molar-refractivity contribution in [3.8, 4) is 11.5 Å². The summed E-state index contributed by atoms with van der Waals surface area (Å²) >= 11 is 0. The van der Waals surface area contributed by atoms with E-state index >= 15 is 0 Å². The van der Waals surface area contributed by atoms with E-state index in [9.17, 15) is 0 Å². The smallest absolute Gasteiger partial charge is 0.127 e. The minimum absolute atomic E-state index is 0.537. The summed E-state index contributed by atoms with van der Waals surface area (Å²) < 4.78 is 5.88. The van der Waals surface area contributed by atoms with Crippen LogP contribution in [0.1, 0.15) is 37.7 Å². The molecule has 0 fully saturated rings. The zero-order valence-electron chi connectivity index (χ0n) is 14.1. The zero-order chi connectivity index (χ0) is 16.2. The normalized spacial score (nSPS) is 20.6. The Labute approximate surface area is 144 Å². The highest BCUT2D eigenvalue weighted by atomic mass is 16.5. The summed E-state index contributed by atoms with van der Waals surface area (Å²) in [7, 11) is 0. The average Bonchev–Trinajstić information content (AvgIpc) is 2.65. The Bertz CT molecular complexity index is 699. The summed E-state index contributed by atoms with van der Waals surface area (Å²) in [5.74, 6) is 1.79. The summed E-state index contributed by atoms with van der Waals surface area (Å²) in [5, 5.41) is 3.73. The molecule has 24 heavy (non-hydrogen) atoms. The van der Waals surface area contributed by atoms with Gasteiger partial charge in [0.2, 0.25) is 0 Å². The van der Waals surface area contributed by atoms with Crippen molar-refractivity contribution in [2.75, 3.05) is 6.54 Å². The van der Waals surface area contributed by atoms with Gasteiger partial charge in [0.25, 0.3) is 0 Å². The Morgan fingerprint density at radius 1 is 0.833 bits per heavy atom. The topological polar surface area (TPSA) is 21.3 Å². The molecular weight excluding hydrogens is 294 g/mol. The number of ether oxygens (including phenoxy) is 1. The molecule has 0 saturated heterocycles. The standard InChI is InChI=1S/C22H25NO/c1-2-7-19(8-3-1)24-20-12-10-17(11-13-20)16-22-21-9-5-4-6-18(21)14-15-23-22/h1-3,7-8,10-13,22-23H,4-6,9,14-16H2. The maximum Gasteiger partial charge on any atom is 0.127 e. The number of benzene rings is 2. The molecule has 1 aliphatic heterocycles. The van der Waals surface area contributed by atoms with Crippen LogP contribution in [0.25, 0.3) is 0 Å². The predicted octanol–water partition coefficient (Wildman–Crippen LogP) is 5.25. The fourth-order valence-electron chi connectivity index (χ4n) is 3.97. The molecule has 2 aliphatic rings. The van der Waals surface area contributed by atoms with E-state index in [1.807, 2.05) is 30.3 Å². The van der Waals surface area contributed by atoms with E-state index in [-0.39, 0.29) is 0 Å². The predicted molar refractivity (Wildman–Crippen MR) is 98.6 cm³/mol. The lowest BCUT2D eigenvalue weighted by Crippen LogP contribution is -2.39. The molecule has 1 aliphatic carbocycles. The van der Waals surface area contributed by atoms with E-state index < -0.39 is 0 Å². The van der Waals surface area contributed by atoms with Crippen LogP contribution in [0.2, 0.25) is 0 Å². The van der Waals surface area contributed by atoms with Gasteiger partial charge in [-0.15, -0.1) is 0 Å². The molecule has 2 aromatic carbocycles. The van der Waals surface area contributed by atoms with E-state index in [0.29, 0.717) is 6.04 Å². The van der Waals surface area contributed by atoms with Gasteiger partial charge in [-0.1, -0.05) is 41.5 Å². The Kier molecular flexibility index (Phi) is 4.66. The summed E-state index contributed by atoms with van der Waals surface area (Å²) in [6.45, 7) is 1.14. The van der Waals surface area contributed by atoms with Gasteiger partial charge in [0.05, 0.1) is 0 Å². The number of hydrogen-bond donors (Lipinski definition) is 1. The van der Waals surface area contributed by atoms with Gasteiger partial charge < -0.3 is 10.1 Å². The third-order valence-electron chi connectivity index (χ3n) is 5.21. The maximum atomic E-state index is 5.88. The zero-order valence-corrected chi connectivity index (χ0v) is 14.1. The van der Waals surface area contributed by atoms with E-state index in [1.165, 1.54) is 37.7 Å². The van der Waals surface area contributed by atoms with Crippen LogP contribution in [-0.4, -0.2) is 12.6 Å². The van der Waals surface area contributed by atoms with Gasteiger partial charge in [-0.3, -0.25) is 0 Å². The highest BCUT2D eigenvalue weighted by molar-refractivity contribution is 5.35. The molecule has 0 radical (unpaired) electrons. The van der Waals surface area contributed by atoms with Crippen molar-refractivity contribution in [3.63, 3.8) is 0 Å². The van der Waals surface area contributed by atoms with Crippen molar-refractivity contribution in [2.24, 2.45) is 0 Å². The summed E-state index contributed by atoms with van der Waals surface area (Å²) in [6, 6.07) is 19.1. The summed E-state index contributed by atoms with van der Waals surface area (Å²) in [6.07, 6.45) is 7.72. The second-order valence-electron chi connectivity index (χ2n) is 6.86. The number of rotatable bonds is 4. The van der Waals surface area contributed by atoms with Crippen molar-refractivity contribution in [1.82, 2.24) is 5.32 Å². The van der Waals surface area contributed by atoms with E-state index in [2.05, 4.69) is 29.6 Å². The molecule has 0 spiro atoms.